The summed E-state index contributed by atoms with van der Waals surface area (Å²) in [5.74, 6) is 1.04. The topological polar surface area (TPSA) is 41.0 Å². The van der Waals surface area contributed by atoms with Gasteiger partial charge in [0, 0.05) is 17.0 Å². The summed E-state index contributed by atoms with van der Waals surface area (Å²) in [5, 5.41) is 4.94. The van der Waals surface area contributed by atoms with Crippen LogP contribution in [0.3, 0.4) is 0 Å². The van der Waals surface area contributed by atoms with Gasteiger partial charge in [-0.1, -0.05) is 27.2 Å². The Bertz CT molecular complexity index is 657. The molecule has 2 heterocycles. The largest absolute Gasteiger partial charge is 0.367 e. The quantitative estimate of drug-likeness (QED) is 0.711. The molecule has 138 valence electrons. The van der Waals surface area contributed by atoms with E-state index in [0.717, 1.165) is 23.1 Å². The molecule has 1 saturated carbocycles. The second kappa shape index (κ2) is 8.95. The molecule has 0 radical (unpaired) electrons. The molecular formula is C20H32N4S. The zero-order chi connectivity index (χ0) is 17.6. The number of hydrogen-bond acceptors (Lipinski definition) is 5. The molecule has 0 aromatic carbocycles. The lowest BCUT2D eigenvalue weighted by molar-refractivity contribution is 0.167. The van der Waals surface area contributed by atoms with Crippen LogP contribution in [0.5, 0.6) is 0 Å². The zero-order valence-corrected chi connectivity index (χ0v) is 16.7. The average Bonchev–Trinajstić information content (AvgIpc) is 3.06. The van der Waals surface area contributed by atoms with Crippen LogP contribution in [-0.4, -0.2) is 40.0 Å². The van der Waals surface area contributed by atoms with Crippen LogP contribution in [0.4, 0.5) is 5.82 Å². The highest BCUT2D eigenvalue weighted by atomic mass is 32.1. The predicted octanol–water partition coefficient (Wildman–Crippen LogP) is 5.10. The lowest BCUT2D eigenvalue weighted by atomic mass is 9.90. The summed E-state index contributed by atoms with van der Waals surface area (Å²) in [4.78, 5) is 14.2. The van der Waals surface area contributed by atoms with E-state index in [0.29, 0.717) is 6.04 Å². The van der Waals surface area contributed by atoms with Gasteiger partial charge in [0.25, 0.3) is 0 Å². The third-order valence-corrected chi connectivity index (χ3v) is 6.63. The van der Waals surface area contributed by atoms with Crippen LogP contribution in [0.2, 0.25) is 0 Å². The fraction of sp³-hybridized carbons (Fsp3) is 0.700. The van der Waals surface area contributed by atoms with Crippen LogP contribution >= 0.6 is 11.3 Å². The molecule has 0 spiro atoms. The third kappa shape index (κ3) is 4.50. The Kier molecular flexibility index (Phi) is 6.65. The number of unbranched alkanes of at least 4 members (excludes halogenated alkanes) is 1. The number of aromatic nitrogens is 2. The first-order chi connectivity index (χ1) is 12.2. The highest BCUT2D eigenvalue weighted by molar-refractivity contribution is 7.18. The minimum atomic E-state index is 0.545. The molecule has 1 aliphatic rings. The molecule has 0 unspecified atom stereocenters. The summed E-state index contributed by atoms with van der Waals surface area (Å²) in [6.45, 7) is 9.13. The Morgan fingerprint density at radius 2 is 1.88 bits per heavy atom. The summed E-state index contributed by atoms with van der Waals surface area (Å²) >= 11 is 1.83. The van der Waals surface area contributed by atoms with Gasteiger partial charge in [-0.05, 0) is 57.7 Å². The van der Waals surface area contributed by atoms with Crippen LogP contribution in [0, 0.1) is 0 Å². The van der Waals surface area contributed by atoms with Gasteiger partial charge < -0.3 is 10.2 Å². The van der Waals surface area contributed by atoms with Crippen molar-refractivity contribution >= 4 is 27.4 Å². The maximum Gasteiger partial charge on any atom is 0.138 e. The van der Waals surface area contributed by atoms with Gasteiger partial charge in [-0.2, -0.15) is 0 Å². The Morgan fingerprint density at radius 3 is 2.56 bits per heavy atom. The van der Waals surface area contributed by atoms with Crippen molar-refractivity contribution in [1.82, 2.24) is 14.9 Å². The zero-order valence-electron chi connectivity index (χ0n) is 15.9. The monoisotopic (exact) mass is 360 g/mol. The number of nitrogens with zero attached hydrogens (tertiary/aromatic N) is 3. The van der Waals surface area contributed by atoms with Crippen LogP contribution < -0.4 is 5.32 Å². The second-order valence-corrected chi connectivity index (χ2v) is 8.24. The third-order valence-electron chi connectivity index (χ3n) is 5.52. The molecule has 0 bridgehead atoms. The Morgan fingerprint density at radius 1 is 1.12 bits per heavy atom. The van der Waals surface area contributed by atoms with Crippen LogP contribution in [0.25, 0.3) is 10.2 Å². The maximum atomic E-state index is 4.56. The van der Waals surface area contributed by atoms with E-state index in [2.05, 4.69) is 47.0 Å². The smallest absolute Gasteiger partial charge is 0.138 e. The molecule has 0 amide bonds. The number of thiophene rings is 1. The van der Waals surface area contributed by atoms with Crippen molar-refractivity contribution in [3.63, 3.8) is 0 Å². The van der Waals surface area contributed by atoms with Crippen molar-refractivity contribution in [2.45, 2.75) is 77.8 Å². The molecule has 0 saturated heterocycles. The number of nitrogens with one attached hydrogen (secondary N) is 1. The number of fused-ring (bicyclic) bond motifs is 1. The molecular weight excluding hydrogens is 328 g/mol. The summed E-state index contributed by atoms with van der Waals surface area (Å²) in [6.07, 6.45) is 10.4. The van der Waals surface area contributed by atoms with Crippen molar-refractivity contribution in [3.8, 4) is 0 Å². The predicted molar refractivity (Wildman–Crippen MR) is 109 cm³/mol. The van der Waals surface area contributed by atoms with Crippen molar-refractivity contribution in [1.29, 1.82) is 0 Å². The molecule has 0 aliphatic heterocycles. The summed E-state index contributed by atoms with van der Waals surface area (Å²) < 4.78 is 0. The standard InChI is InChI=1S/C20H32N4S/c1-4-7-8-17-13-18-19(21-14-22-20(18)25-17)23-15-9-11-16(12-10-15)24(5-2)6-3/h13-16H,4-12H2,1-3H3,(H,21,22,23)/t15-,16-. The minimum Gasteiger partial charge on any atom is -0.367 e. The minimum absolute atomic E-state index is 0.545. The lowest BCUT2D eigenvalue weighted by Crippen LogP contribution is -2.40. The van der Waals surface area contributed by atoms with E-state index in [-0.39, 0.29) is 0 Å². The van der Waals surface area contributed by atoms with Crippen LogP contribution in [0.15, 0.2) is 12.4 Å². The van der Waals surface area contributed by atoms with Crippen LogP contribution in [-0.2, 0) is 6.42 Å². The second-order valence-electron chi connectivity index (χ2n) is 7.13. The Labute approximate surface area is 156 Å². The van der Waals surface area contributed by atoms with Gasteiger partial charge in [-0.15, -0.1) is 11.3 Å². The average molecular weight is 361 g/mol. The first kappa shape index (κ1) is 18.6. The SMILES string of the molecule is CCCCc1cc2c(N[C@H]3CC[C@H](N(CC)CC)CC3)ncnc2s1. The van der Waals surface area contributed by atoms with Gasteiger partial charge >= 0.3 is 0 Å². The molecule has 2 aromatic rings. The lowest BCUT2D eigenvalue weighted by Gasteiger charge is -2.36. The summed E-state index contributed by atoms with van der Waals surface area (Å²) in [6, 6.07) is 3.61. The van der Waals surface area contributed by atoms with Gasteiger partial charge in [0.1, 0.15) is 17.0 Å². The molecule has 25 heavy (non-hydrogen) atoms. The molecule has 1 fully saturated rings. The van der Waals surface area contributed by atoms with E-state index < -0.39 is 0 Å². The van der Waals surface area contributed by atoms with E-state index in [1.54, 1.807) is 6.33 Å². The fourth-order valence-electron chi connectivity index (χ4n) is 4.01. The van der Waals surface area contributed by atoms with Crippen molar-refractivity contribution in [2.75, 3.05) is 18.4 Å². The molecule has 4 nitrogen and oxygen atoms in total. The Hall–Kier alpha value is -1.20. The molecule has 3 rings (SSSR count). The van der Waals surface area contributed by atoms with Gasteiger partial charge in [0.05, 0.1) is 5.39 Å². The first-order valence-electron chi connectivity index (χ1n) is 9.99. The van der Waals surface area contributed by atoms with Crippen molar-refractivity contribution < 1.29 is 0 Å². The van der Waals surface area contributed by atoms with E-state index in [9.17, 15) is 0 Å². The first-order valence-corrected chi connectivity index (χ1v) is 10.8. The molecule has 0 atom stereocenters. The number of hydrogen-bond donors (Lipinski definition) is 1. The van der Waals surface area contributed by atoms with E-state index in [1.807, 2.05) is 11.3 Å². The van der Waals surface area contributed by atoms with Gasteiger partial charge in [0.2, 0.25) is 0 Å². The van der Waals surface area contributed by atoms with Gasteiger partial charge in [-0.3, -0.25) is 0 Å². The molecule has 5 heteroatoms. The van der Waals surface area contributed by atoms with Crippen molar-refractivity contribution in [3.05, 3.63) is 17.3 Å². The summed E-state index contributed by atoms with van der Waals surface area (Å²) in [5.41, 5.74) is 0. The molecule has 1 N–H and O–H groups in total. The molecule has 1 aliphatic carbocycles. The van der Waals surface area contributed by atoms with E-state index >= 15 is 0 Å². The fourth-order valence-corrected chi connectivity index (χ4v) is 5.05. The number of anilines is 1. The Balaban J connectivity index is 1.64. The summed E-state index contributed by atoms with van der Waals surface area (Å²) in [7, 11) is 0. The van der Waals surface area contributed by atoms with E-state index in [4.69, 9.17) is 0 Å². The van der Waals surface area contributed by atoms with Gasteiger partial charge in [0.15, 0.2) is 0 Å². The normalized spacial score (nSPS) is 21.1. The molecule has 2 aromatic heterocycles. The maximum absolute atomic E-state index is 4.56. The van der Waals surface area contributed by atoms with Crippen LogP contribution in [0.1, 0.15) is 64.2 Å². The van der Waals surface area contributed by atoms with Crippen molar-refractivity contribution in [2.24, 2.45) is 0 Å². The highest BCUT2D eigenvalue weighted by Gasteiger charge is 2.25. The number of aryl methyl sites for hydroxylation is 1. The highest BCUT2D eigenvalue weighted by Crippen LogP contribution is 2.31. The van der Waals surface area contributed by atoms with E-state index in [1.165, 1.54) is 61.9 Å². The number of rotatable bonds is 8. The van der Waals surface area contributed by atoms with Gasteiger partial charge in [-0.25, -0.2) is 9.97 Å².